The number of alkyl halides is 3. The summed E-state index contributed by atoms with van der Waals surface area (Å²) >= 11 is 5.06. The summed E-state index contributed by atoms with van der Waals surface area (Å²) in [6.45, 7) is 5.56. The molecule has 0 bridgehead atoms. The molecule has 0 aromatic carbocycles. The molecule has 0 unspecified atom stereocenters. The quantitative estimate of drug-likeness (QED) is 0.514. The standard InChI is InChI=1S/C14H18F3N7OS.ClH/c1-4-23-9(3)10(6-18-23)19-13(26)21-20-12(25)7-24-8(2)5-11(22-24)14(15,16)17;/h5-6H,4,7H2,1-3H3,(H,20,25)(H2,19,21,26);1H. The first-order chi connectivity index (χ1) is 12.1. The van der Waals surface area contributed by atoms with E-state index in [1.165, 1.54) is 6.92 Å². The van der Waals surface area contributed by atoms with Crippen molar-refractivity contribution >= 4 is 41.3 Å². The van der Waals surface area contributed by atoms with Crippen molar-refractivity contribution < 1.29 is 18.0 Å². The molecule has 0 saturated heterocycles. The fourth-order valence-electron chi connectivity index (χ4n) is 2.15. The van der Waals surface area contributed by atoms with Gasteiger partial charge in [-0.1, -0.05) is 0 Å². The molecule has 0 spiro atoms. The second kappa shape index (κ2) is 9.04. The largest absolute Gasteiger partial charge is 0.435 e. The van der Waals surface area contributed by atoms with Gasteiger partial charge in [0, 0.05) is 12.2 Å². The molecule has 0 radical (unpaired) electrons. The van der Waals surface area contributed by atoms with Crippen LogP contribution in [0.3, 0.4) is 0 Å². The Morgan fingerprint density at radius 2 is 1.93 bits per heavy atom. The fraction of sp³-hybridized carbons (Fsp3) is 0.429. The van der Waals surface area contributed by atoms with Gasteiger partial charge in [-0.3, -0.25) is 25.0 Å². The number of aryl methyl sites for hydroxylation is 2. The maximum atomic E-state index is 12.6. The van der Waals surface area contributed by atoms with Gasteiger partial charge in [-0.05, 0) is 39.1 Å². The van der Waals surface area contributed by atoms with Crippen molar-refractivity contribution in [3.63, 3.8) is 0 Å². The maximum absolute atomic E-state index is 12.6. The summed E-state index contributed by atoms with van der Waals surface area (Å²) in [6.07, 6.45) is -2.96. The Morgan fingerprint density at radius 1 is 1.26 bits per heavy atom. The predicted octanol–water partition coefficient (Wildman–Crippen LogP) is 2.17. The Bertz CT molecular complexity index is 818. The van der Waals surface area contributed by atoms with Gasteiger partial charge in [-0.2, -0.15) is 23.4 Å². The predicted molar refractivity (Wildman–Crippen MR) is 99.4 cm³/mol. The lowest BCUT2D eigenvalue weighted by Crippen LogP contribution is -2.45. The Hall–Kier alpha value is -2.34. The molecule has 8 nitrogen and oxygen atoms in total. The van der Waals surface area contributed by atoms with E-state index >= 15 is 0 Å². The van der Waals surface area contributed by atoms with Crippen molar-refractivity contribution in [3.8, 4) is 0 Å². The number of amides is 1. The molecule has 150 valence electrons. The normalized spacial score (nSPS) is 10.9. The number of thiocarbonyl (C=S) groups is 1. The molecule has 2 heterocycles. The van der Waals surface area contributed by atoms with Crippen LogP contribution in [0.5, 0.6) is 0 Å². The first-order valence-corrected chi connectivity index (χ1v) is 8.02. The molecule has 13 heteroatoms. The summed E-state index contributed by atoms with van der Waals surface area (Å²) < 4.78 is 40.6. The van der Waals surface area contributed by atoms with E-state index in [9.17, 15) is 18.0 Å². The smallest absolute Gasteiger partial charge is 0.329 e. The van der Waals surface area contributed by atoms with E-state index in [1.807, 2.05) is 13.8 Å². The van der Waals surface area contributed by atoms with Gasteiger partial charge < -0.3 is 5.32 Å². The molecule has 2 aromatic heterocycles. The Balaban J connectivity index is 0.00000364. The lowest BCUT2D eigenvalue weighted by atomic mass is 10.3. The third-order valence-electron chi connectivity index (χ3n) is 3.53. The van der Waals surface area contributed by atoms with Crippen LogP contribution in [0.2, 0.25) is 0 Å². The molecule has 3 N–H and O–H groups in total. The highest BCUT2D eigenvalue weighted by Crippen LogP contribution is 2.28. The van der Waals surface area contributed by atoms with E-state index in [0.717, 1.165) is 16.4 Å². The Morgan fingerprint density at radius 3 is 2.44 bits per heavy atom. The average Bonchev–Trinajstić information content (AvgIpc) is 3.09. The molecule has 2 aromatic rings. The van der Waals surface area contributed by atoms with E-state index in [0.29, 0.717) is 12.2 Å². The molecule has 0 saturated carbocycles. The zero-order chi connectivity index (χ0) is 19.5. The highest BCUT2D eigenvalue weighted by molar-refractivity contribution is 7.80. The van der Waals surface area contributed by atoms with Crippen LogP contribution < -0.4 is 16.2 Å². The van der Waals surface area contributed by atoms with Gasteiger partial charge in [-0.15, -0.1) is 12.4 Å². The molecule has 1 amide bonds. The number of rotatable bonds is 4. The van der Waals surface area contributed by atoms with Crippen molar-refractivity contribution in [2.24, 2.45) is 0 Å². The van der Waals surface area contributed by atoms with Crippen LogP contribution in [0.4, 0.5) is 18.9 Å². The summed E-state index contributed by atoms with van der Waals surface area (Å²) in [4.78, 5) is 11.9. The number of anilines is 1. The van der Waals surface area contributed by atoms with Crippen LogP contribution in [0, 0.1) is 13.8 Å². The average molecular weight is 426 g/mol. The van der Waals surface area contributed by atoms with E-state index in [2.05, 4.69) is 26.4 Å². The van der Waals surface area contributed by atoms with Crippen molar-refractivity contribution in [2.75, 3.05) is 5.32 Å². The monoisotopic (exact) mass is 425 g/mol. The van der Waals surface area contributed by atoms with Gasteiger partial charge in [0.05, 0.1) is 17.6 Å². The van der Waals surface area contributed by atoms with E-state index < -0.39 is 17.8 Å². The number of nitrogens with one attached hydrogen (secondary N) is 3. The molecular formula is C14H19ClF3N7OS. The van der Waals surface area contributed by atoms with Crippen molar-refractivity contribution in [1.82, 2.24) is 30.4 Å². The van der Waals surface area contributed by atoms with Crippen molar-refractivity contribution in [3.05, 3.63) is 29.3 Å². The second-order valence-electron chi connectivity index (χ2n) is 5.41. The number of hydrazine groups is 1. The first-order valence-electron chi connectivity index (χ1n) is 7.61. The summed E-state index contributed by atoms with van der Waals surface area (Å²) in [5.41, 5.74) is 5.51. The maximum Gasteiger partial charge on any atom is 0.435 e. The molecule has 0 fully saturated rings. The van der Waals surface area contributed by atoms with Gasteiger partial charge in [0.25, 0.3) is 5.91 Å². The highest BCUT2D eigenvalue weighted by atomic mass is 35.5. The number of carbonyl (C=O) groups is 1. The van der Waals surface area contributed by atoms with Crippen LogP contribution in [0.15, 0.2) is 12.3 Å². The lowest BCUT2D eigenvalue weighted by Gasteiger charge is -2.12. The van der Waals surface area contributed by atoms with Crippen LogP contribution in [-0.2, 0) is 24.1 Å². The summed E-state index contributed by atoms with van der Waals surface area (Å²) in [5, 5.41) is 10.5. The van der Waals surface area contributed by atoms with E-state index in [-0.39, 0.29) is 29.8 Å². The van der Waals surface area contributed by atoms with Gasteiger partial charge in [0.1, 0.15) is 6.54 Å². The number of hydrogen-bond acceptors (Lipinski definition) is 4. The molecule has 0 aliphatic heterocycles. The third kappa shape index (κ3) is 5.82. The number of hydrogen-bond donors (Lipinski definition) is 3. The molecule has 0 atom stereocenters. The van der Waals surface area contributed by atoms with Gasteiger partial charge in [0.2, 0.25) is 0 Å². The first kappa shape index (κ1) is 22.7. The molecule has 0 aliphatic carbocycles. The van der Waals surface area contributed by atoms with Crippen LogP contribution in [0.1, 0.15) is 24.0 Å². The molecular weight excluding hydrogens is 407 g/mol. The second-order valence-corrected chi connectivity index (χ2v) is 5.82. The van der Waals surface area contributed by atoms with Gasteiger partial charge in [-0.25, -0.2) is 0 Å². The topological polar surface area (TPSA) is 88.8 Å². The molecule has 2 rings (SSSR count). The zero-order valence-electron chi connectivity index (χ0n) is 14.7. The number of aromatic nitrogens is 4. The minimum atomic E-state index is -4.56. The Kier molecular flexibility index (Phi) is 7.60. The van der Waals surface area contributed by atoms with Gasteiger partial charge >= 0.3 is 6.18 Å². The van der Waals surface area contributed by atoms with E-state index in [4.69, 9.17) is 12.2 Å². The minimum Gasteiger partial charge on any atom is -0.329 e. The summed E-state index contributed by atoms with van der Waals surface area (Å²) in [5.74, 6) is -0.602. The number of carbonyl (C=O) groups excluding carboxylic acids is 1. The third-order valence-corrected chi connectivity index (χ3v) is 3.74. The highest BCUT2D eigenvalue weighted by Gasteiger charge is 2.34. The SMILES string of the molecule is CCn1ncc(NC(=S)NNC(=O)Cn2nc(C(F)(F)F)cc2C)c1C.Cl. The van der Waals surface area contributed by atoms with Crippen LogP contribution in [-0.4, -0.2) is 30.6 Å². The minimum absolute atomic E-state index is 0. The lowest BCUT2D eigenvalue weighted by molar-refractivity contribution is -0.141. The summed E-state index contributed by atoms with van der Waals surface area (Å²) in [6, 6.07) is 0.876. The van der Waals surface area contributed by atoms with Crippen LogP contribution in [0.25, 0.3) is 0 Å². The fourth-order valence-corrected chi connectivity index (χ4v) is 2.31. The summed E-state index contributed by atoms with van der Waals surface area (Å²) in [7, 11) is 0. The van der Waals surface area contributed by atoms with Crippen molar-refractivity contribution in [2.45, 2.75) is 40.0 Å². The molecule has 0 aliphatic rings. The van der Waals surface area contributed by atoms with Crippen molar-refractivity contribution in [1.29, 1.82) is 0 Å². The van der Waals surface area contributed by atoms with E-state index in [1.54, 1.807) is 10.9 Å². The zero-order valence-corrected chi connectivity index (χ0v) is 16.3. The Labute approximate surface area is 164 Å². The number of halogens is 4. The van der Waals surface area contributed by atoms with Gasteiger partial charge in [0.15, 0.2) is 10.8 Å². The molecule has 27 heavy (non-hydrogen) atoms. The van der Waals surface area contributed by atoms with Crippen LogP contribution >= 0.6 is 24.6 Å². The number of nitrogens with zero attached hydrogens (tertiary/aromatic N) is 4.